The molecule has 0 atom stereocenters. The topological polar surface area (TPSA) is 37.8 Å². The first kappa shape index (κ1) is 11.1. The molecule has 16 heavy (non-hydrogen) atoms. The van der Waals surface area contributed by atoms with Crippen molar-refractivity contribution in [3.05, 3.63) is 29.6 Å². The highest BCUT2D eigenvalue weighted by Crippen LogP contribution is 2.19. The van der Waals surface area contributed by atoms with E-state index < -0.39 is 0 Å². The largest absolute Gasteiger partial charge is 0.354 e. The average molecular weight is 217 g/mol. The summed E-state index contributed by atoms with van der Waals surface area (Å²) in [7, 11) is 0. The highest BCUT2D eigenvalue weighted by molar-refractivity contribution is 5.25. The predicted molar refractivity (Wildman–Crippen MR) is 66.4 cm³/mol. The van der Waals surface area contributed by atoms with Crippen LogP contribution in [-0.2, 0) is 0 Å². The van der Waals surface area contributed by atoms with E-state index in [9.17, 15) is 0 Å². The van der Waals surface area contributed by atoms with E-state index >= 15 is 0 Å². The smallest absolute Gasteiger partial charge is 0.222 e. The van der Waals surface area contributed by atoms with Gasteiger partial charge in [0.2, 0.25) is 5.95 Å². The fourth-order valence-electron chi connectivity index (χ4n) is 2.00. The van der Waals surface area contributed by atoms with Gasteiger partial charge >= 0.3 is 0 Å². The van der Waals surface area contributed by atoms with E-state index in [1.807, 2.05) is 13.0 Å². The van der Waals surface area contributed by atoms with Crippen molar-refractivity contribution in [1.82, 2.24) is 9.97 Å². The maximum absolute atomic E-state index is 4.31. The van der Waals surface area contributed by atoms with Gasteiger partial charge in [0.05, 0.1) is 0 Å². The van der Waals surface area contributed by atoms with Crippen LogP contribution in [0.25, 0.3) is 0 Å². The summed E-state index contributed by atoms with van der Waals surface area (Å²) >= 11 is 0. The van der Waals surface area contributed by atoms with Crippen LogP contribution in [0.15, 0.2) is 23.9 Å². The quantitative estimate of drug-likeness (QED) is 0.787. The van der Waals surface area contributed by atoms with Crippen LogP contribution in [-0.4, -0.2) is 16.5 Å². The molecule has 3 nitrogen and oxygen atoms in total. The van der Waals surface area contributed by atoms with Gasteiger partial charge in [-0.1, -0.05) is 11.6 Å². The lowest BCUT2D eigenvalue weighted by molar-refractivity contribution is 0.679. The Balaban J connectivity index is 1.77. The van der Waals surface area contributed by atoms with Gasteiger partial charge in [-0.15, -0.1) is 0 Å². The number of aryl methyl sites for hydroxylation is 1. The van der Waals surface area contributed by atoms with Crippen molar-refractivity contribution in [3.63, 3.8) is 0 Å². The molecule has 0 saturated heterocycles. The first-order chi connectivity index (χ1) is 7.84. The Morgan fingerprint density at radius 1 is 1.38 bits per heavy atom. The lowest BCUT2D eigenvalue weighted by Gasteiger charge is -2.12. The summed E-state index contributed by atoms with van der Waals surface area (Å²) in [6.45, 7) is 2.92. The lowest BCUT2D eigenvalue weighted by atomic mass is 9.97. The third-order valence-corrected chi connectivity index (χ3v) is 2.91. The maximum atomic E-state index is 4.31. The number of hydrogen-bond acceptors (Lipinski definition) is 3. The molecule has 1 aliphatic carbocycles. The second-order valence-electron chi connectivity index (χ2n) is 4.31. The Kier molecular flexibility index (Phi) is 3.91. The van der Waals surface area contributed by atoms with Crippen molar-refractivity contribution in [1.29, 1.82) is 0 Å². The van der Waals surface area contributed by atoms with Gasteiger partial charge in [0.1, 0.15) is 0 Å². The highest BCUT2D eigenvalue weighted by atomic mass is 15.1. The van der Waals surface area contributed by atoms with E-state index in [1.54, 1.807) is 11.8 Å². The minimum absolute atomic E-state index is 0.747. The second kappa shape index (κ2) is 5.64. The normalized spacial score (nSPS) is 15.7. The van der Waals surface area contributed by atoms with Crippen LogP contribution in [0.2, 0.25) is 0 Å². The zero-order chi connectivity index (χ0) is 11.2. The van der Waals surface area contributed by atoms with Gasteiger partial charge in [0.25, 0.3) is 0 Å². The first-order valence-electron chi connectivity index (χ1n) is 6.06. The summed E-state index contributed by atoms with van der Waals surface area (Å²) in [5, 5.41) is 3.27. The molecule has 1 aromatic rings. The van der Waals surface area contributed by atoms with Crippen molar-refractivity contribution < 1.29 is 0 Å². The number of anilines is 1. The molecule has 0 unspecified atom stereocenters. The minimum Gasteiger partial charge on any atom is -0.354 e. The van der Waals surface area contributed by atoms with Crippen LogP contribution >= 0.6 is 0 Å². The molecule has 0 radical (unpaired) electrons. The molecular weight excluding hydrogens is 198 g/mol. The van der Waals surface area contributed by atoms with E-state index in [0.717, 1.165) is 24.6 Å². The molecule has 2 rings (SSSR count). The molecule has 1 aromatic heterocycles. The monoisotopic (exact) mass is 217 g/mol. The zero-order valence-electron chi connectivity index (χ0n) is 9.87. The number of allylic oxidation sites excluding steroid dienone is 1. The van der Waals surface area contributed by atoms with Gasteiger partial charge in [-0.25, -0.2) is 9.97 Å². The standard InChI is InChI=1S/C13H19N3/c1-11-7-9-14-13(16-11)15-10-8-12-5-3-2-4-6-12/h5,7,9H,2-4,6,8,10H2,1H3,(H,14,15,16). The van der Waals surface area contributed by atoms with Gasteiger partial charge in [-0.05, 0) is 45.1 Å². The third kappa shape index (κ3) is 3.33. The summed E-state index contributed by atoms with van der Waals surface area (Å²) in [5.41, 5.74) is 2.60. The van der Waals surface area contributed by atoms with Crippen LogP contribution < -0.4 is 5.32 Å². The Morgan fingerprint density at radius 2 is 2.31 bits per heavy atom. The van der Waals surface area contributed by atoms with E-state index in [-0.39, 0.29) is 0 Å². The average Bonchev–Trinajstić information content (AvgIpc) is 2.30. The summed E-state index contributed by atoms with van der Waals surface area (Å²) in [5.74, 6) is 0.747. The van der Waals surface area contributed by atoms with Crippen LogP contribution in [0.4, 0.5) is 5.95 Å². The van der Waals surface area contributed by atoms with Gasteiger partial charge in [0, 0.05) is 18.4 Å². The SMILES string of the molecule is Cc1ccnc(NCCC2=CCCCC2)n1. The van der Waals surface area contributed by atoms with Crippen LogP contribution in [0.5, 0.6) is 0 Å². The summed E-state index contributed by atoms with van der Waals surface area (Å²) in [4.78, 5) is 8.49. The molecule has 0 aliphatic heterocycles. The molecule has 0 spiro atoms. The Bertz CT molecular complexity index is 371. The van der Waals surface area contributed by atoms with Crippen LogP contribution in [0.1, 0.15) is 37.8 Å². The number of rotatable bonds is 4. The lowest BCUT2D eigenvalue weighted by Crippen LogP contribution is -2.07. The minimum atomic E-state index is 0.747. The van der Waals surface area contributed by atoms with Crippen molar-refractivity contribution in [2.75, 3.05) is 11.9 Å². The van der Waals surface area contributed by atoms with Crippen molar-refractivity contribution in [2.24, 2.45) is 0 Å². The molecule has 3 heteroatoms. The molecule has 1 N–H and O–H groups in total. The Hall–Kier alpha value is -1.38. The fourth-order valence-corrected chi connectivity index (χ4v) is 2.00. The summed E-state index contributed by atoms with van der Waals surface area (Å²) < 4.78 is 0. The van der Waals surface area contributed by atoms with Crippen molar-refractivity contribution >= 4 is 5.95 Å². The molecular formula is C13H19N3. The third-order valence-electron chi connectivity index (χ3n) is 2.91. The molecule has 0 fully saturated rings. The first-order valence-corrected chi connectivity index (χ1v) is 6.06. The van der Waals surface area contributed by atoms with Crippen molar-refractivity contribution in [3.8, 4) is 0 Å². The number of nitrogens with one attached hydrogen (secondary N) is 1. The van der Waals surface area contributed by atoms with E-state index in [1.165, 1.54) is 25.7 Å². The predicted octanol–water partition coefficient (Wildman–Crippen LogP) is 3.09. The zero-order valence-corrected chi connectivity index (χ0v) is 9.87. The van der Waals surface area contributed by atoms with Gasteiger partial charge in [-0.3, -0.25) is 0 Å². The van der Waals surface area contributed by atoms with Gasteiger partial charge in [-0.2, -0.15) is 0 Å². The summed E-state index contributed by atoms with van der Waals surface area (Å²) in [6.07, 6.45) is 10.6. The number of nitrogens with zero attached hydrogens (tertiary/aromatic N) is 2. The van der Waals surface area contributed by atoms with Crippen LogP contribution in [0, 0.1) is 6.92 Å². The highest BCUT2D eigenvalue weighted by Gasteiger charge is 2.03. The number of hydrogen-bond donors (Lipinski definition) is 1. The second-order valence-corrected chi connectivity index (χ2v) is 4.31. The Labute approximate surface area is 97.0 Å². The molecule has 86 valence electrons. The number of aromatic nitrogens is 2. The molecule has 0 amide bonds. The van der Waals surface area contributed by atoms with Gasteiger partial charge in [0.15, 0.2) is 0 Å². The molecule has 0 saturated carbocycles. The van der Waals surface area contributed by atoms with Gasteiger partial charge < -0.3 is 5.32 Å². The fraction of sp³-hybridized carbons (Fsp3) is 0.538. The van der Waals surface area contributed by atoms with E-state index in [2.05, 4.69) is 21.4 Å². The maximum Gasteiger partial charge on any atom is 0.222 e. The van der Waals surface area contributed by atoms with E-state index in [4.69, 9.17) is 0 Å². The molecule has 0 bridgehead atoms. The molecule has 1 heterocycles. The summed E-state index contributed by atoms with van der Waals surface area (Å²) in [6, 6.07) is 1.91. The molecule has 0 aromatic carbocycles. The van der Waals surface area contributed by atoms with E-state index in [0.29, 0.717) is 0 Å². The van der Waals surface area contributed by atoms with Crippen LogP contribution in [0.3, 0.4) is 0 Å². The van der Waals surface area contributed by atoms with Crippen molar-refractivity contribution in [2.45, 2.75) is 39.0 Å². The Morgan fingerprint density at radius 3 is 3.06 bits per heavy atom. The molecule has 1 aliphatic rings.